The molecule has 4 heteroatoms. The van der Waals surface area contributed by atoms with Crippen molar-refractivity contribution in [3.63, 3.8) is 0 Å². The minimum atomic E-state index is -0.0455. The number of carbonyl (C=O) groups excluding carboxylic acids is 1. The van der Waals surface area contributed by atoms with E-state index in [1.165, 1.54) is 11.1 Å². The van der Waals surface area contributed by atoms with Crippen molar-refractivity contribution in [2.45, 2.75) is 37.9 Å². The fourth-order valence-electron chi connectivity index (χ4n) is 3.45. The van der Waals surface area contributed by atoms with E-state index in [-0.39, 0.29) is 11.9 Å². The van der Waals surface area contributed by atoms with Crippen molar-refractivity contribution >= 4 is 5.91 Å². The summed E-state index contributed by atoms with van der Waals surface area (Å²) in [6.07, 6.45) is 2.99. The van der Waals surface area contributed by atoms with Gasteiger partial charge in [0.15, 0.2) is 0 Å². The molecule has 3 rings (SSSR count). The average Bonchev–Trinajstić information content (AvgIpc) is 2.54. The van der Waals surface area contributed by atoms with E-state index in [2.05, 4.69) is 48.6 Å². The van der Waals surface area contributed by atoms with Gasteiger partial charge in [0.1, 0.15) is 0 Å². The van der Waals surface area contributed by atoms with Crippen molar-refractivity contribution in [2.75, 3.05) is 27.2 Å². The van der Waals surface area contributed by atoms with Crippen molar-refractivity contribution in [3.05, 3.63) is 35.4 Å². The largest absolute Gasteiger partial charge is 0.341 e. The lowest BCUT2D eigenvalue weighted by molar-refractivity contribution is -0.135. The first-order valence-electron chi connectivity index (χ1n) is 7.90. The summed E-state index contributed by atoms with van der Waals surface area (Å²) >= 11 is 0. The van der Waals surface area contributed by atoms with E-state index < -0.39 is 0 Å². The van der Waals surface area contributed by atoms with Crippen LogP contribution >= 0.6 is 0 Å². The van der Waals surface area contributed by atoms with E-state index in [1.807, 2.05) is 4.90 Å². The lowest BCUT2D eigenvalue weighted by atomic mass is 9.94. The summed E-state index contributed by atoms with van der Waals surface area (Å²) in [5.74, 6) is 0.279. The van der Waals surface area contributed by atoms with Crippen molar-refractivity contribution in [2.24, 2.45) is 0 Å². The first-order chi connectivity index (χ1) is 10.1. The molecule has 0 bridgehead atoms. The number of nitrogens with zero attached hydrogens (tertiary/aromatic N) is 2. The Labute approximate surface area is 127 Å². The summed E-state index contributed by atoms with van der Waals surface area (Å²) in [5.41, 5.74) is 2.64. The molecule has 21 heavy (non-hydrogen) atoms. The third-order valence-corrected chi connectivity index (χ3v) is 4.89. The molecule has 1 unspecified atom stereocenters. The number of benzene rings is 1. The Morgan fingerprint density at radius 2 is 1.86 bits per heavy atom. The summed E-state index contributed by atoms with van der Waals surface area (Å²) in [4.78, 5) is 17.0. The number of hydrogen-bond donors (Lipinski definition) is 1. The highest BCUT2D eigenvalue weighted by Crippen LogP contribution is 2.20. The predicted octanol–water partition coefficient (Wildman–Crippen LogP) is 1.25. The van der Waals surface area contributed by atoms with Crippen LogP contribution in [-0.4, -0.2) is 55.0 Å². The summed E-state index contributed by atoms with van der Waals surface area (Å²) < 4.78 is 0. The van der Waals surface area contributed by atoms with Crippen LogP contribution in [0, 0.1) is 0 Å². The Morgan fingerprint density at radius 3 is 2.52 bits per heavy atom. The van der Waals surface area contributed by atoms with Gasteiger partial charge in [0.2, 0.25) is 5.91 Å². The van der Waals surface area contributed by atoms with Crippen LogP contribution in [0.4, 0.5) is 0 Å². The van der Waals surface area contributed by atoms with Crippen molar-refractivity contribution in [3.8, 4) is 0 Å². The van der Waals surface area contributed by atoms with Gasteiger partial charge in [0, 0.05) is 25.7 Å². The molecule has 1 amide bonds. The zero-order valence-corrected chi connectivity index (χ0v) is 13.0. The van der Waals surface area contributed by atoms with Crippen LogP contribution in [0.3, 0.4) is 0 Å². The van der Waals surface area contributed by atoms with Crippen LogP contribution in [0.15, 0.2) is 24.3 Å². The summed E-state index contributed by atoms with van der Waals surface area (Å²) in [6.45, 7) is 2.59. The van der Waals surface area contributed by atoms with Gasteiger partial charge in [-0.05, 0) is 44.5 Å². The van der Waals surface area contributed by atoms with Crippen molar-refractivity contribution < 1.29 is 4.79 Å². The third-order valence-electron chi connectivity index (χ3n) is 4.89. The minimum absolute atomic E-state index is 0.0455. The Balaban J connectivity index is 1.60. The first-order valence-corrected chi connectivity index (χ1v) is 7.90. The molecular weight excluding hydrogens is 262 g/mol. The Kier molecular flexibility index (Phi) is 4.27. The van der Waals surface area contributed by atoms with Gasteiger partial charge >= 0.3 is 0 Å². The Morgan fingerprint density at radius 1 is 1.19 bits per heavy atom. The van der Waals surface area contributed by atoms with Crippen LogP contribution in [-0.2, 0) is 17.8 Å². The molecule has 1 fully saturated rings. The van der Waals surface area contributed by atoms with E-state index in [1.54, 1.807) is 0 Å². The van der Waals surface area contributed by atoms with E-state index >= 15 is 0 Å². The monoisotopic (exact) mass is 287 g/mol. The van der Waals surface area contributed by atoms with Gasteiger partial charge in [-0.1, -0.05) is 24.3 Å². The normalized spacial score (nSPS) is 23.2. The molecule has 1 saturated heterocycles. The number of carbonyl (C=O) groups is 1. The number of fused-ring (bicyclic) bond motifs is 1. The van der Waals surface area contributed by atoms with Gasteiger partial charge in [0.05, 0.1) is 6.04 Å². The second kappa shape index (κ2) is 6.16. The van der Waals surface area contributed by atoms with Gasteiger partial charge in [0.25, 0.3) is 0 Å². The number of piperidine rings is 1. The van der Waals surface area contributed by atoms with E-state index in [0.29, 0.717) is 6.04 Å². The Hall–Kier alpha value is -1.39. The third kappa shape index (κ3) is 3.11. The standard InChI is InChI=1S/C17H25N3O/c1-19(2)15-7-9-20(10-8-15)17(21)16-11-13-5-3-4-6-14(13)12-18-16/h3-6,15-16,18H,7-12H2,1-2H3. The lowest BCUT2D eigenvalue weighted by Gasteiger charge is -2.37. The number of rotatable bonds is 2. The molecule has 1 aromatic rings. The number of nitrogens with one attached hydrogen (secondary N) is 1. The maximum absolute atomic E-state index is 12.7. The first kappa shape index (κ1) is 14.5. The van der Waals surface area contributed by atoms with Crippen LogP contribution < -0.4 is 5.32 Å². The van der Waals surface area contributed by atoms with Gasteiger partial charge < -0.3 is 15.1 Å². The molecule has 1 aromatic carbocycles. The summed E-state index contributed by atoms with van der Waals surface area (Å²) in [7, 11) is 4.25. The second-order valence-electron chi connectivity index (χ2n) is 6.43. The van der Waals surface area contributed by atoms with Gasteiger partial charge in [-0.15, -0.1) is 0 Å². The molecule has 1 atom stereocenters. The molecule has 0 spiro atoms. The predicted molar refractivity (Wildman–Crippen MR) is 84.1 cm³/mol. The molecule has 2 aliphatic rings. The van der Waals surface area contributed by atoms with Gasteiger partial charge in [-0.25, -0.2) is 0 Å². The smallest absolute Gasteiger partial charge is 0.240 e. The minimum Gasteiger partial charge on any atom is -0.341 e. The van der Waals surface area contributed by atoms with Crippen LogP contribution in [0.5, 0.6) is 0 Å². The average molecular weight is 287 g/mol. The maximum Gasteiger partial charge on any atom is 0.240 e. The quantitative estimate of drug-likeness (QED) is 0.889. The number of amides is 1. The van der Waals surface area contributed by atoms with E-state index in [0.717, 1.165) is 38.9 Å². The van der Waals surface area contributed by atoms with Crippen LogP contribution in [0.2, 0.25) is 0 Å². The topological polar surface area (TPSA) is 35.6 Å². The zero-order chi connectivity index (χ0) is 14.8. The SMILES string of the molecule is CN(C)C1CCN(C(=O)C2Cc3ccccc3CN2)CC1. The molecule has 114 valence electrons. The van der Waals surface area contributed by atoms with Crippen LogP contribution in [0.25, 0.3) is 0 Å². The molecular formula is C17H25N3O. The molecule has 4 nitrogen and oxygen atoms in total. The van der Waals surface area contributed by atoms with Gasteiger partial charge in [-0.3, -0.25) is 4.79 Å². The highest BCUT2D eigenvalue weighted by Gasteiger charge is 2.30. The fourth-order valence-corrected chi connectivity index (χ4v) is 3.45. The molecule has 0 aliphatic carbocycles. The summed E-state index contributed by atoms with van der Waals surface area (Å²) in [6, 6.07) is 8.99. The van der Waals surface area contributed by atoms with E-state index in [9.17, 15) is 4.79 Å². The highest BCUT2D eigenvalue weighted by molar-refractivity contribution is 5.82. The lowest BCUT2D eigenvalue weighted by Crippen LogP contribution is -2.53. The van der Waals surface area contributed by atoms with Gasteiger partial charge in [-0.2, -0.15) is 0 Å². The Bertz CT molecular complexity index is 507. The zero-order valence-electron chi connectivity index (χ0n) is 13.0. The number of likely N-dealkylation sites (tertiary alicyclic amines) is 1. The molecule has 2 aliphatic heterocycles. The molecule has 0 radical (unpaired) electrons. The van der Waals surface area contributed by atoms with E-state index in [4.69, 9.17) is 0 Å². The highest BCUT2D eigenvalue weighted by atomic mass is 16.2. The molecule has 0 saturated carbocycles. The van der Waals surface area contributed by atoms with Crippen molar-refractivity contribution in [1.82, 2.24) is 15.1 Å². The van der Waals surface area contributed by atoms with Crippen LogP contribution in [0.1, 0.15) is 24.0 Å². The van der Waals surface area contributed by atoms with Crippen molar-refractivity contribution in [1.29, 1.82) is 0 Å². The number of hydrogen-bond acceptors (Lipinski definition) is 3. The molecule has 2 heterocycles. The maximum atomic E-state index is 12.7. The fraction of sp³-hybridized carbons (Fsp3) is 0.588. The molecule has 1 N–H and O–H groups in total. The molecule has 0 aromatic heterocycles. The second-order valence-corrected chi connectivity index (χ2v) is 6.43. The summed E-state index contributed by atoms with van der Waals surface area (Å²) in [5, 5.41) is 3.40.